The zero-order valence-electron chi connectivity index (χ0n) is 10.7. The van der Waals surface area contributed by atoms with Crippen molar-refractivity contribution in [1.29, 1.82) is 0 Å². The van der Waals surface area contributed by atoms with Gasteiger partial charge in [0, 0.05) is 12.8 Å². The van der Waals surface area contributed by atoms with Crippen LogP contribution in [0.15, 0.2) is 23.1 Å². The number of anilines is 2. The molecule has 0 amide bonds. The van der Waals surface area contributed by atoms with Crippen LogP contribution in [0.1, 0.15) is 13.8 Å². The Morgan fingerprint density at radius 2 is 2.00 bits per heavy atom. The van der Waals surface area contributed by atoms with E-state index in [0.29, 0.717) is 18.0 Å². The lowest BCUT2D eigenvalue weighted by molar-refractivity contribution is 0.158. The number of nitrogen functional groups attached to an aromatic ring is 1. The Bertz CT molecular complexity index is 526. The van der Waals surface area contributed by atoms with Crippen molar-refractivity contribution in [3.8, 4) is 0 Å². The number of methoxy groups -OCH3 is 1. The van der Waals surface area contributed by atoms with E-state index in [2.05, 4.69) is 5.32 Å². The van der Waals surface area contributed by atoms with Crippen molar-refractivity contribution in [2.45, 2.75) is 24.3 Å². The fraction of sp³-hybridized carbons (Fsp3) is 0.455. The maximum absolute atomic E-state index is 11.5. The average Bonchev–Trinajstić information content (AvgIpc) is 2.18. The van der Waals surface area contributed by atoms with E-state index >= 15 is 0 Å². The molecule has 0 aliphatic heterocycles. The monoisotopic (exact) mass is 273 g/mol. The fourth-order valence-electron chi connectivity index (χ4n) is 1.64. The number of nitrogens with two attached hydrogens (primary N) is 2. The third-order valence-corrected chi connectivity index (χ3v) is 3.24. The average molecular weight is 273 g/mol. The SMILES string of the molecule is COCC(C)(C)Nc1ccc(N)cc1S(N)(=O)=O. The lowest BCUT2D eigenvalue weighted by Gasteiger charge is -2.27. The summed E-state index contributed by atoms with van der Waals surface area (Å²) >= 11 is 0. The zero-order valence-corrected chi connectivity index (χ0v) is 11.5. The van der Waals surface area contributed by atoms with Gasteiger partial charge >= 0.3 is 0 Å². The van der Waals surface area contributed by atoms with Crippen LogP contribution in [0.4, 0.5) is 11.4 Å². The summed E-state index contributed by atoms with van der Waals surface area (Å²) in [5, 5.41) is 8.25. The zero-order chi connectivity index (χ0) is 14.0. The molecule has 0 fully saturated rings. The first-order chi connectivity index (χ1) is 8.15. The van der Waals surface area contributed by atoms with Crippen molar-refractivity contribution in [3.05, 3.63) is 18.2 Å². The molecule has 1 aromatic rings. The molecule has 0 saturated heterocycles. The van der Waals surface area contributed by atoms with E-state index in [0.717, 1.165) is 0 Å². The molecule has 0 aromatic heterocycles. The number of hydrogen-bond donors (Lipinski definition) is 3. The second-order valence-electron chi connectivity index (χ2n) is 4.74. The van der Waals surface area contributed by atoms with E-state index in [1.807, 2.05) is 13.8 Å². The highest BCUT2D eigenvalue weighted by Crippen LogP contribution is 2.25. The summed E-state index contributed by atoms with van der Waals surface area (Å²) in [6.07, 6.45) is 0. The second kappa shape index (κ2) is 5.13. The molecule has 0 spiro atoms. The molecule has 5 N–H and O–H groups in total. The molecule has 0 atom stereocenters. The van der Waals surface area contributed by atoms with Crippen molar-refractivity contribution >= 4 is 21.4 Å². The Kier molecular flexibility index (Phi) is 4.20. The van der Waals surface area contributed by atoms with E-state index in [1.165, 1.54) is 6.07 Å². The van der Waals surface area contributed by atoms with E-state index in [4.69, 9.17) is 15.6 Å². The minimum absolute atomic E-state index is 0.0216. The summed E-state index contributed by atoms with van der Waals surface area (Å²) in [6, 6.07) is 4.53. The lowest BCUT2D eigenvalue weighted by atomic mass is 10.1. The van der Waals surface area contributed by atoms with Crippen LogP contribution in [0.2, 0.25) is 0 Å². The third kappa shape index (κ3) is 3.86. The molecule has 18 heavy (non-hydrogen) atoms. The number of hydrogen-bond acceptors (Lipinski definition) is 5. The normalized spacial score (nSPS) is 12.4. The third-order valence-electron chi connectivity index (χ3n) is 2.29. The molecular formula is C11H19N3O3S. The lowest BCUT2D eigenvalue weighted by Crippen LogP contribution is -2.36. The predicted octanol–water partition coefficient (Wildman–Crippen LogP) is 0.753. The first-order valence-corrected chi connectivity index (χ1v) is 6.90. The molecular weight excluding hydrogens is 254 g/mol. The topological polar surface area (TPSA) is 107 Å². The molecule has 0 radical (unpaired) electrons. The predicted molar refractivity (Wildman–Crippen MR) is 71.8 cm³/mol. The van der Waals surface area contributed by atoms with Crippen LogP contribution in [-0.2, 0) is 14.8 Å². The van der Waals surface area contributed by atoms with Gasteiger partial charge in [-0.3, -0.25) is 0 Å². The molecule has 0 unspecified atom stereocenters. The van der Waals surface area contributed by atoms with Gasteiger partial charge in [0.25, 0.3) is 0 Å². The van der Waals surface area contributed by atoms with Crippen molar-refractivity contribution in [3.63, 3.8) is 0 Å². The molecule has 1 aromatic carbocycles. The van der Waals surface area contributed by atoms with E-state index in [-0.39, 0.29) is 4.90 Å². The van der Waals surface area contributed by atoms with Gasteiger partial charge in [-0.25, -0.2) is 13.6 Å². The van der Waals surface area contributed by atoms with E-state index in [1.54, 1.807) is 19.2 Å². The summed E-state index contributed by atoms with van der Waals surface area (Å²) in [4.78, 5) is -0.0216. The molecule has 0 heterocycles. The van der Waals surface area contributed by atoms with Gasteiger partial charge in [0.2, 0.25) is 10.0 Å². The molecule has 1 rings (SSSR count). The number of primary sulfonamides is 1. The second-order valence-corrected chi connectivity index (χ2v) is 6.27. The molecule has 0 saturated carbocycles. The Morgan fingerprint density at radius 1 is 1.39 bits per heavy atom. The Balaban J connectivity index is 3.18. The van der Waals surface area contributed by atoms with Gasteiger partial charge in [-0.2, -0.15) is 0 Å². The maximum atomic E-state index is 11.5. The van der Waals surface area contributed by atoms with Gasteiger partial charge in [-0.05, 0) is 32.0 Å². The van der Waals surface area contributed by atoms with Crippen LogP contribution in [0.5, 0.6) is 0 Å². The minimum atomic E-state index is -3.83. The van der Waals surface area contributed by atoms with Gasteiger partial charge < -0.3 is 15.8 Å². The van der Waals surface area contributed by atoms with Crippen LogP contribution < -0.4 is 16.2 Å². The van der Waals surface area contributed by atoms with Crippen LogP contribution in [0.3, 0.4) is 0 Å². The summed E-state index contributed by atoms with van der Waals surface area (Å²) < 4.78 is 28.1. The number of benzene rings is 1. The number of nitrogens with one attached hydrogen (secondary N) is 1. The molecule has 7 heteroatoms. The number of ether oxygens (including phenoxy) is 1. The van der Waals surface area contributed by atoms with Crippen molar-refractivity contribution in [2.24, 2.45) is 5.14 Å². The molecule has 6 nitrogen and oxygen atoms in total. The van der Waals surface area contributed by atoms with Gasteiger partial charge in [-0.15, -0.1) is 0 Å². The van der Waals surface area contributed by atoms with Crippen LogP contribution >= 0.6 is 0 Å². The van der Waals surface area contributed by atoms with E-state index < -0.39 is 15.6 Å². The molecule has 0 aliphatic rings. The van der Waals surface area contributed by atoms with Gasteiger partial charge in [0.1, 0.15) is 4.90 Å². The number of rotatable bonds is 5. The van der Waals surface area contributed by atoms with Gasteiger partial charge in [0.15, 0.2) is 0 Å². The highest BCUT2D eigenvalue weighted by molar-refractivity contribution is 7.89. The van der Waals surface area contributed by atoms with Crippen LogP contribution in [0.25, 0.3) is 0 Å². The summed E-state index contributed by atoms with van der Waals surface area (Å²) in [5.41, 5.74) is 5.90. The van der Waals surface area contributed by atoms with Crippen LogP contribution in [0, 0.1) is 0 Å². The fourth-order valence-corrected chi connectivity index (χ4v) is 2.37. The highest BCUT2D eigenvalue weighted by atomic mass is 32.2. The first kappa shape index (κ1) is 14.7. The molecule has 102 valence electrons. The van der Waals surface area contributed by atoms with E-state index in [9.17, 15) is 8.42 Å². The highest BCUT2D eigenvalue weighted by Gasteiger charge is 2.22. The Labute approximate surface area is 107 Å². The molecule has 0 aliphatic carbocycles. The van der Waals surface area contributed by atoms with Gasteiger partial charge in [0.05, 0.1) is 17.8 Å². The Hall–Kier alpha value is -1.31. The summed E-state index contributed by atoms with van der Waals surface area (Å²) in [6.45, 7) is 4.20. The Morgan fingerprint density at radius 3 is 2.50 bits per heavy atom. The standard InChI is InChI=1S/C11H19N3O3S/c1-11(2,7-17-3)14-9-5-4-8(12)6-10(9)18(13,15)16/h4-6,14H,7,12H2,1-3H3,(H2,13,15,16). The van der Waals surface area contributed by atoms with Crippen molar-refractivity contribution < 1.29 is 13.2 Å². The number of sulfonamides is 1. The quantitative estimate of drug-likeness (QED) is 0.686. The first-order valence-electron chi connectivity index (χ1n) is 5.35. The smallest absolute Gasteiger partial charge is 0.240 e. The summed E-state index contributed by atoms with van der Waals surface area (Å²) in [5.74, 6) is 0. The molecule has 0 bridgehead atoms. The summed E-state index contributed by atoms with van der Waals surface area (Å²) in [7, 11) is -2.25. The van der Waals surface area contributed by atoms with Crippen molar-refractivity contribution in [2.75, 3.05) is 24.8 Å². The maximum Gasteiger partial charge on any atom is 0.240 e. The van der Waals surface area contributed by atoms with Gasteiger partial charge in [-0.1, -0.05) is 0 Å². The minimum Gasteiger partial charge on any atom is -0.399 e. The van der Waals surface area contributed by atoms with Crippen LogP contribution in [-0.4, -0.2) is 27.7 Å². The largest absolute Gasteiger partial charge is 0.399 e. The van der Waals surface area contributed by atoms with Crippen molar-refractivity contribution in [1.82, 2.24) is 0 Å².